The molecule has 0 spiro atoms. The van der Waals surface area contributed by atoms with Crippen LogP contribution < -0.4 is 9.80 Å². The predicted molar refractivity (Wildman–Crippen MR) is 89.8 cm³/mol. The van der Waals surface area contributed by atoms with Gasteiger partial charge in [-0.3, -0.25) is 0 Å². The standard InChI is InChI=1S/C16H13Cl2FN4/c17-12-8-14(18)16(21-10-12)23-5-3-22(4-6-23)15-2-1-13(19)7-11(15)9-20/h1-2,7-8,10H,3-6H2. The third-order valence-electron chi connectivity index (χ3n) is 3.79. The highest BCUT2D eigenvalue weighted by molar-refractivity contribution is 6.36. The Bertz CT molecular complexity index is 767. The normalized spacial score (nSPS) is 14.7. The van der Waals surface area contributed by atoms with E-state index in [1.165, 1.54) is 12.1 Å². The third-order valence-corrected chi connectivity index (χ3v) is 4.27. The van der Waals surface area contributed by atoms with Crippen LogP contribution in [-0.4, -0.2) is 31.2 Å². The Balaban J connectivity index is 1.75. The Labute approximate surface area is 143 Å². The van der Waals surface area contributed by atoms with E-state index in [1.54, 1.807) is 18.3 Å². The Morgan fingerprint density at radius 2 is 1.78 bits per heavy atom. The van der Waals surface area contributed by atoms with E-state index in [1.807, 2.05) is 6.07 Å². The Hall–Kier alpha value is -2.03. The molecule has 1 fully saturated rings. The van der Waals surface area contributed by atoms with Crippen LogP contribution in [0, 0.1) is 17.1 Å². The molecule has 0 atom stereocenters. The molecule has 2 heterocycles. The summed E-state index contributed by atoms with van der Waals surface area (Å²) in [6.07, 6.45) is 1.57. The van der Waals surface area contributed by atoms with Crippen LogP contribution in [0.3, 0.4) is 0 Å². The molecular formula is C16H13Cl2FN4. The summed E-state index contributed by atoms with van der Waals surface area (Å²) in [5.74, 6) is 0.302. The van der Waals surface area contributed by atoms with Crippen LogP contribution in [0.5, 0.6) is 0 Å². The van der Waals surface area contributed by atoms with E-state index in [0.29, 0.717) is 47.6 Å². The zero-order valence-electron chi connectivity index (χ0n) is 12.1. The number of halogens is 3. The summed E-state index contributed by atoms with van der Waals surface area (Å²) in [5, 5.41) is 10.2. The summed E-state index contributed by atoms with van der Waals surface area (Å²) in [5.41, 5.74) is 1.10. The van der Waals surface area contributed by atoms with E-state index in [4.69, 9.17) is 23.2 Å². The lowest BCUT2D eigenvalue weighted by molar-refractivity contribution is 0.623. The van der Waals surface area contributed by atoms with Gasteiger partial charge in [-0.1, -0.05) is 23.2 Å². The minimum atomic E-state index is -0.402. The maximum atomic E-state index is 13.3. The molecule has 0 bridgehead atoms. The van der Waals surface area contributed by atoms with Crippen LogP contribution in [0.1, 0.15) is 5.56 Å². The number of piperazine rings is 1. The molecule has 0 unspecified atom stereocenters. The van der Waals surface area contributed by atoms with Gasteiger partial charge in [-0.15, -0.1) is 0 Å². The van der Waals surface area contributed by atoms with Crippen molar-refractivity contribution in [2.75, 3.05) is 36.0 Å². The minimum Gasteiger partial charge on any atom is -0.367 e. The lowest BCUT2D eigenvalue weighted by Crippen LogP contribution is -2.47. The van der Waals surface area contributed by atoms with E-state index in [0.717, 1.165) is 5.69 Å². The number of rotatable bonds is 2. The molecule has 7 heteroatoms. The predicted octanol–water partition coefficient (Wildman–Crippen LogP) is 3.73. The molecule has 0 amide bonds. The van der Waals surface area contributed by atoms with E-state index in [-0.39, 0.29) is 0 Å². The molecule has 118 valence electrons. The van der Waals surface area contributed by atoms with Crippen LogP contribution in [-0.2, 0) is 0 Å². The molecule has 0 aliphatic carbocycles. The first-order valence-corrected chi connectivity index (χ1v) is 7.84. The highest BCUT2D eigenvalue weighted by Gasteiger charge is 2.22. The van der Waals surface area contributed by atoms with E-state index in [2.05, 4.69) is 14.8 Å². The molecule has 2 aromatic rings. The fourth-order valence-corrected chi connectivity index (χ4v) is 3.17. The highest BCUT2D eigenvalue weighted by Crippen LogP contribution is 2.28. The number of pyridine rings is 1. The zero-order valence-corrected chi connectivity index (χ0v) is 13.6. The van der Waals surface area contributed by atoms with E-state index >= 15 is 0 Å². The third kappa shape index (κ3) is 3.34. The first kappa shape index (κ1) is 15.9. The van der Waals surface area contributed by atoms with Gasteiger partial charge in [0.1, 0.15) is 17.7 Å². The lowest BCUT2D eigenvalue weighted by atomic mass is 10.1. The summed E-state index contributed by atoms with van der Waals surface area (Å²) in [6, 6.07) is 8.01. The van der Waals surface area contributed by atoms with Crippen molar-refractivity contribution in [1.82, 2.24) is 4.98 Å². The maximum absolute atomic E-state index is 13.3. The molecule has 23 heavy (non-hydrogen) atoms. The molecule has 3 rings (SSSR count). The van der Waals surface area contributed by atoms with Gasteiger partial charge in [-0.2, -0.15) is 5.26 Å². The largest absolute Gasteiger partial charge is 0.367 e. The van der Waals surface area contributed by atoms with Crippen molar-refractivity contribution in [2.45, 2.75) is 0 Å². The summed E-state index contributed by atoms with van der Waals surface area (Å²) >= 11 is 12.1. The van der Waals surface area contributed by atoms with Crippen molar-refractivity contribution < 1.29 is 4.39 Å². The first-order chi connectivity index (χ1) is 11.1. The number of anilines is 2. The van der Waals surface area contributed by atoms with Crippen LogP contribution in [0.25, 0.3) is 0 Å². The average molecular weight is 351 g/mol. The van der Waals surface area contributed by atoms with E-state index in [9.17, 15) is 9.65 Å². The van der Waals surface area contributed by atoms with Gasteiger partial charge in [0.2, 0.25) is 0 Å². The van der Waals surface area contributed by atoms with Crippen LogP contribution >= 0.6 is 23.2 Å². The molecule has 1 aromatic carbocycles. The second kappa shape index (κ2) is 6.61. The Kier molecular flexibility index (Phi) is 4.56. The van der Waals surface area contributed by atoms with E-state index < -0.39 is 5.82 Å². The minimum absolute atomic E-state index is 0.348. The smallest absolute Gasteiger partial charge is 0.147 e. The molecule has 1 aromatic heterocycles. The fraction of sp³-hybridized carbons (Fsp3) is 0.250. The summed E-state index contributed by atoms with van der Waals surface area (Å²) < 4.78 is 13.3. The van der Waals surface area contributed by atoms with Crippen LogP contribution in [0.15, 0.2) is 30.5 Å². The van der Waals surface area contributed by atoms with Gasteiger partial charge in [-0.25, -0.2) is 9.37 Å². The maximum Gasteiger partial charge on any atom is 0.147 e. The number of benzene rings is 1. The SMILES string of the molecule is N#Cc1cc(F)ccc1N1CCN(c2ncc(Cl)cc2Cl)CC1. The molecule has 1 aliphatic heterocycles. The lowest BCUT2D eigenvalue weighted by Gasteiger charge is -2.37. The van der Waals surface area contributed by atoms with Crippen LogP contribution in [0.2, 0.25) is 10.0 Å². The van der Waals surface area contributed by atoms with Crippen LogP contribution in [0.4, 0.5) is 15.9 Å². The number of nitriles is 1. The number of nitrogens with zero attached hydrogens (tertiary/aromatic N) is 4. The van der Waals surface area contributed by atoms with Gasteiger partial charge in [0.15, 0.2) is 0 Å². The van der Waals surface area contributed by atoms with Crippen molar-refractivity contribution in [3.63, 3.8) is 0 Å². The van der Waals surface area contributed by atoms with Crippen molar-refractivity contribution in [2.24, 2.45) is 0 Å². The monoisotopic (exact) mass is 350 g/mol. The molecule has 1 saturated heterocycles. The summed E-state index contributed by atoms with van der Waals surface area (Å²) in [6.45, 7) is 2.80. The number of hydrogen-bond acceptors (Lipinski definition) is 4. The second-order valence-corrected chi connectivity index (χ2v) is 6.05. The van der Waals surface area contributed by atoms with Crippen molar-refractivity contribution in [3.05, 3.63) is 51.9 Å². The highest BCUT2D eigenvalue weighted by atomic mass is 35.5. The molecule has 0 radical (unpaired) electrons. The molecule has 0 N–H and O–H groups in total. The van der Waals surface area contributed by atoms with Crippen molar-refractivity contribution >= 4 is 34.7 Å². The molecule has 0 saturated carbocycles. The second-order valence-electron chi connectivity index (χ2n) is 5.21. The Morgan fingerprint density at radius 3 is 2.43 bits per heavy atom. The quantitative estimate of drug-likeness (QED) is 0.827. The van der Waals surface area contributed by atoms with Gasteiger partial charge in [-0.05, 0) is 24.3 Å². The topological polar surface area (TPSA) is 43.2 Å². The van der Waals surface area contributed by atoms with Gasteiger partial charge in [0.05, 0.1) is 21.3 Å². The summed E-state index contributed by atoms with van der Waals surface area (Å²) in [4.78, 5) is 8.43. The van der Waals surface area contributed by atoms with Crippen molar-refractivity contribution in [1.29, 1.82) is 5.26 Å². The first-order valence-electron chi connectivity index (χ1n) is 7.09. The number of aromatic nitrogens is 1. The molecule has 4 nitrogen and oxygen atoms in total. The average Bonchev–Trinajstić information content (AvgIpc) is 2.55. The fourth-order valence-electron chi connectivity index (χ4n) is 2.67. The summed E-state index contributed by atoms with van der Waals surface area (Å²) in [7, 11) is 0. The zero-order chi connectivity index (χ0) is 16.4. The van der Waals surface area contributed by atoms with Gasteiger partial charge >= 0.3 is 0 Å². The van der Waals surface area contributed by atoms with Gasteiger partial charge in [0.25, 0.3) is 0 Å². The van der Waals surface area contributed by atoms with Gasteiger partial charge in [0, 0.05) is 32.4 Å². The van der Waals surface area contributed by atoms with Gasteiger partial charge < -0.3 is 9.80 Å². The molecular weight excluding hydrogens is 338 g/mol. The number of hydrogen-bond donors (Lipinski definition) is 0. The van der Waals surface area contributed by atoms with Crippen molar-refractivity contribution in [3.8, 4) is 6.07 Å². The Morgan fingerprint density at radius 1 is 1.09 bits per heavy atom. The molecule has 1 aliphatic rings.